The van der Waals surface area contributed by atoms with Gasteiger partial charge in [-0.15, -0.1) is 0 Å². The minimum absolute atomic E-state index is 0.00822. The van der Waals surface area contributed by atoms with Gasteiger partial charge in [0.15, 0.2) is 5.78 Å². The highest BCUT2D eigenvalue weighted by Gasteiger charge is 2.07. The summed E-state index contributed by atoms with van der Waals surface area (Å²) in [5.41, 5.74) is 1.54. The third-order valence-corrected chi connectivity index (χ3v) is 3.19. The van der Waals surface area contributed by atoms with E-state index in [1.807, 2.05) is 30.3 Å². The Hall–Kier alpha value is -2.34. The zero-order valence-electron chi connectivity index (χ0n) is 11.6. The van der Waals surface area contributed by atoms with Crippen LogP contribution in [0.4, 0.5) is 5.69 Å². The molecule has 0 aromatic heterocycles. The molecule has 0 amide bonds. The maximum atomic E-state index is 11.1. The number of alkyl halides is 1. The molecule has 0 atom stereocenters. The molecule has 0 saturated heterocycles. The molecular formula is C16H14BrNO4. The van der Waals surface area contributed by atoms with Crippen LogP contribution in [0.1, 0.15) is 15.9 Å². The van der Waals surface area contributed by atoms with Crippen molar-refractivity contribution in [2.24, 2.45) is 0 Å². The van der Waals surface area contributed by atoms with Gasteiger partial charge in [0, 0.05) is 24.1 Å². The molecule has 2 rings (SSSR count). The number of hydrogen-bond acceptors (Lipinski definition) is 4. The van der Waals surface area contributed by atoms with Gasteiger partial charge in [0.25, 0.3) is 5.69 Å². The highest BCUT2D eigenvalue weighted by Crippen LogP contribution is 2.12. The second-order valence-corrected chi connectivity index (χ2v) is 4.78. The van der Waals surface area contributed by atoms with Crippen molar-refractivity contribution in [1.82, 2.24) is 0 Å². The van der Waals surface area contributed by atoms with Crippen molar-refractivity contribution in [3.63, 3.8) is 0 Å². The average Bonchev–Trinajstić information content (AvgIpc) is 2.56. The Labute approximate surface area is 136 Å². The molecule has 0 aliphatic carbocycles. The van der Waals surface area contributed by atoms with Crippen LogP contribution in [0.5, 0.6) is 0 Å². The summed E-state index contributed by atoms with van der Waals surface area (Å²) in [4.78, 5) is 30.8. The minimum Gasteiger partial charge on any atom is -0.303 e. The van der Waals surface area contributed by atoms with Crippen LogP contribution in [0.25, 0.3) is 0 Å². The highest BCUT2D eigenvalue weighted by atomic mass is 79.9. The van der Waals surface area contributed by atoms with Gasteiger partial charge >= 0.3 is 0 Å². The van der Waals surface area contributed by atoms with Gasteiger partial charge in [0.05, 0.1) is 10.3 Å². The molecule has 0 radical (unpaired) electrons. The summed E-state index contributed by atoms with van der Waals surface area (Å²) in [6, 6.07) is 15.2. The second kappa shape index (κ2) is 9.57. The number of ketones is 1. The van der Waals surface area contributed by atoms with Crippen LogP contribution in [0.3, 0.4) is 0 Å². The fourth-order valence-corrected chi connectivity index (χ4v) is 1.88. The monoisotopic (exact) mass is 363 g/mol. The number of benzene rings is 2. The summed E-state index contributed by atoms with van der Waals surface area (Å²) in [5, 5.41) is 10.5. The van der Waals surface area contributed by atoms with E-state index in [1.165, 1.54) is 24.3 Å². The van der Waals surface area contributed by atoms with Gasteiger partial charge in [-0.3, -0.25) is 14.9 Å². The number of aldehydes is 1. The van der Waals surface area contributed by atoms with Crippen molar-refractivity contribution in [3.8, 4) is 0 Å². The number of hydrogen-bond donors (Lipinski definition) is 0. The average molecular weight is 364 g/mol. The van der Waals surface area contributed by atoms with Crippen molar-refractivity contribution >= 4 is 33.7 Å². The van der Waals surface area contributed by atoms with Gasteiger partial charge in [0.1, 0.15) is 6.29 Å². The van der Waals surface area contributed by atoms with Crippen molar-refractivity contribution in [2.75, 3.05) is 5.33 Å². The molecule has 0 aliphatic heterocycles. The van der Waals surface area contributed by atoms with E-state index in [0.29, 0.717) is 12.0 Å². The number of halogens is 1. The molecule has 6 heteroatoms. The third-order valence-electron chi connectivity index (χ3n) is 2.68. The lowest BCUT2D eigenvalue weighted by Gasteiger charge is -1.95. The summed E-state index contributed by atoms with van der Waals surface area (Å²) in [6.45, 7) is 0. The first-order chi connectivity index (χ1) is 10.6. The van der Waals surface area contributed by atoms with E-state index in [2.05, 4.69) is 15.9 Å². The zero-order valence-corrected chi connectivity index (χ0v) is 13.2. The molecule has 2 aromatic rings. The number of rotatable bonds is 5. The molecule has 114 valence electrons. The van der Waals surface area contributed by atoms with Gasteiger partial charge in [-0.1, -0.05) is 46.3 Å². The van der Waals surface area contributed by atoms with E-state index in [9.17, 15) is 19.7 Å². The summed E-state index contributed by atoms with van der Waals surface area (Å²) < 4.78 is 0. The molecular weight excluding hydrogens is 350 g/mol. The standard InChI is InChI=1S/C8H6BrNO3.C8H8O/c9-5-8(11)6-1-3-7(4-2-6)10(12)13;9-7-6-8-4-2-1-3-5-8/h1-4H,5H2;1-5,7H,6H2. The number of carbonyl (C=O) groups excluding carboxylic acids is 2. The van der Waals surface area contributed by atoms with Crippen molar-refractivity contribution < 1.29 is 14.5 Å². The number of nitro groups is 1. The van der Waals surface area contributed by atoms with E-state index in [0.717, 1.165) is 11.8 Å². The second-order valence-electron chi connectivity index (χ2n) is 4.22. The van der Waals surface area contributed by atoms with Gasteiger partial charge in [-0.25, -0.2) is 0 Å². The lowest BCUT2D eigenvalue weighted by atomic mass is 10.1. The number of nitrogens with zero attached hydrogens (tertiary/aromatic N) is 1. The zero-order chi connectivity index (χ0) is 16.4. The lowest BCUT2D eigenvalue weighted by molar-refractivity contribution is -0.384. The molecule has 22 heavy (non-hydrogen) atoms. The fraction of sp³-hybridized carbons (Fsp3) is 0.125. The molecule has 2 aromatic carbocycles. The molecule has 0 fully saturated rings. The maximum absolute atomic E-state index is 11.1. The van der Waals surface area contributed by atoms with Crippen molar-refractivity contribution in [3.05, 3.63) is 75.8 Å². The number of carbonyl (C=O) groups is 2. The van der Waals surface area contributed by atoms with Crippen molar-refractivity contribution in [2.45, 2.75) is 6.42 Å². The van der Waals surface area contributed by atoms with E-state index in [4.69, 9.17) is 0 Å². The quantitative estimate of drug-likeness (QED) is 0.267. The number of Topliss-reactive ketones (excluding diaryl/α,β-unsaturated/α-hetero) is 1. The van der Waals surface area contributed by atoms with Crippen LogP contribution in [-0.2, 0) is 11.2 Å². The molecule has 5 nitrogen and oxygen atoms in total. The van der Waals surface area contributed by atoms with Gasteiger partial charge < -0.3 is 4.79 Å². The minimum atomic E-state index is -0.498. The fourth-order valence-electron chi connectivity index (χ4n) is 1.56. The highest BCUT2D eigenvalue weighted by molar-refractivity contribution is 9.09. The molecule has 0 spiro atoms. The van der Waals surface area contributed by atoms with E-state index >= 15 is 0 Å². The molecule has 0 N–H and O–H groups in total. The van der Waals surface area contributed by atoms with Crippen LogP contribution in [0.15, 0.2) is 54.6 Å². The SMILES string of the molecule is O=C(CBr)c1ccc([N+](=O)[O-])cc1.O=CCc1ccccc1. The predicted molar refractivity (Wildman–Crippen MR) is 87.4 cm³/mol. The Balaban J connectivity index is 0.000000235. The molecule has 0 saturated carbocycles. The molecule has 0 unspecified atom stereocenters. The summed E-state index contributed by atoms with van der Waals surface area (Å²) >= 11 is 3.02. The Morgan fingerprint density at radius 2 is 1.68 bits per heavy atom. The van der Waals surface area contributed by atoms with E-state index < -0.39 is 4.92 Å². The topological polar surface area (TPSA) is 77.3 Å². The van der Waals surface area contributed by atoms with Crippen LogP contribution in [0.2, 0.25) is 0 Å². The van der Waals surface area contributed by atoms with Gasteiger partial charge in [-0.05, 0) is 17.7 Å². The Kier molecular flexibility index (Phi) is 7.70. The van der Waals surface area contributed by atoms with Gasteiger partial charge in [0.2, 0.25) is 0 Å². The van der Waals surface area contributed by atoms with Gasteiger partial charge in [-0.2, -0.15) is 0 Å². The van der Waals surface area contributed by atoms with E-state index in [1.54, 1.807) is 0 Å². The first-order valence-electron chi connectivity index (χ1n) is 6.39. The Morgan fingerprint density at radius 1 is 1.09 bits per heavy atom. The first-order valence-corrected chi connectivity index (χ1v) is 7.51. The smallest absolute Gasteiger partial charge is 0.269 e. The number of nitro benzene ring substituents is 1. The normalized spacial score (nSPS) is 9.32. The third kappa shape index (κ3) is 5.97. The Bertz CT molecular complexity index is 626. The van der Waals surface area contributed by atoms with Crippen LogP contribution < -0.4 is 0 Å². The predicted octanol–water partition coefficient (Wildman–Crippen LogP) is 3.60. The maximum Gasteiger partial charge on any atom is 0.269 e. The molecule has 0 aliphatic rings. The summed E-state index contributed by atoms with van der Waals surface area (Å²) in [6.07, 6.45) is 1.44. The number of non-ortho nitro benzene ring substituents is 1. The summed E-state index contributed by atoms with van der Waals surface area (Å²) in [5.74, 6) is -0.0881. The largest absolute Gasteiger partial charge is 0.303 e. The first kappa shape index (κ1) is 17.7. The molecule has 0 heterocycles. The Morgan fingerprint density at radius 3 is 2.14 bits per heavy atom. The molecule has 0 bridgehead atoms. The summed E-state index contributed by atoms with van der Waals surface area (Å²) in [7, 11) is 0. The van der Waals surface area contributed by atoms with Crippen molar-refractivity contribution in [1.29, 1.82) is 0 Å². The lowest BCUT2D eigenvalue weighted by Crippen LogP contribution is -1.99. The van der Waals surface area contributed by atoms with Crippen LogP contribution in [0, 0.1) is 10.1 Å². The van der Waals surface area contributed by atoms with E-state index in [-0.39, 0.29) is 16.8 Å². The van der Waals surface area contributed by atoms with Crippen LogP contribution in [-0.4, -0.2) is 22.3 Å². The van der Waals surface area contributed by atoms with Crippen LogP contribution >= 0.6 is 15.9 Å².